The quantitative estimate of drug-likeness (QED) is 0.424. The van der Waals surface area contributed by atoms with Crippen LogP contribution in [0, 0.1) is 0 Å². The predicted octanol–water partition coefficient (Wildman–Crippen LogP) is 2.68. The van der Waals surface area contributed by atoms with Crippen molar-refractivity contribution in [2.24, 2.45) is 0 Å². The highest BCUT2D eigenvalue weighted by molar-refractivity contribution is 6.04. The maximum Gasteiger partial charge on any atom is 0.185 e. The first-order valence-corrected chi connectivity index (χ1v) is 4.76. The van der Waals surface area contributed by atoms with Crippen LogP contribution in [0.1, 0.15) is 10.4 Å². The summed E-state index contributed by atoms with van der Waals surface area (Å²) in [7, 11) is 3.93. The monoisotopic (exact) mass is 201 g/mol. The summed E-state index contributed by atoms with van der Waals surface area (Å²) < 4.78 is 0. The van der Waals surface area contributed by atoms with Gasteiger partial charge in [0.25, 0.3) is 0 Å². The molecule has 0 N–H and O–H groups in total. The lowest BCUT2D eigenvalue weighted by Gasteiger charge is -2.11. The largest absolute Gasteiger partial charge is 0.378 e. The fourth-order valence-electron chi connectivity index (χ4n) is 1.18. The lowest BCUT2D eigenvalue weighted by Crippen LogP contribution is -2.08. The predicted molar refractivity (Wildman–Crippen MR) is 64.4 cm³/mol. The van der Waals surface area contributed by atoms with Crippen molar-refractivity contribution in [3.05, 3.63) is 54.6 Å². The topological polar surface area (TPSA) is 20.3 Å². The van der Waals surface area contributed by atoms with Crippen molar-refractivity contribution in [3.63, 3.8) is 0 Å². The van der Waals surface area contributed by atoms with Gasteiger partial charge in [-0.2, -0.15) is 0 Å². The van der Waals surface area contributed by atoms with Crippen molar-refractivity contribution in [2.45, 2.75) is 0 Å². The van der Waals surface area contributed by atoms with Crippen LogP contribution < -0.4 is 4.90 Å². The number of benzene rings is 1. The van der Waals surface area contributed by atoms with Gasteiger partial charge in [-0.15, -0.1) is 0 Å². The molecule has 0 radical (unpaired) electrons. The average molecular weight is 201 g/mol. The number of anilines is 1. The molecule has 0 aliphatic heterocycles. The summed E-state index contributed by atoms with van der Waals surface area (Å²) in [5, 5.41) is 0. The first-order chi connectivity index (χ1) is 7.15. The Kier molecular flexibility index (Phi) is 3.86. The van der Waals surface area contributed by atoms with E-state index < -0.39 is 0 Å². The summed E-state index contributed by atoms with van der Waals surface area (Å²) in [4.78, 5) is 13.5. The van der Waals surface area contributed by atoms with E-state index in [1.807, 2.05) is 43.3 Å². The van der Waals surface area contributed by atoms with E-state index in [1.165, 1.54) is 6.08 Å². The minimum atomic E-state index is 0.000191. The Morgan fingerprint density at radius 3 is 2.33 bits per heavy atom. The Balaban J connectivity index is 2.84. The van der Waals surface area contributed by atoms with Gasteiger partial charge in [-0.1, -0.05) is 18.7 Å². The Labute approximate surface area is 90.5 Å². The molecule has 0 bridgehead atoms. The molecule has 15 heavy (non-hydrogen) atoms. The van der Waals surface area contributed by atoms with E-state index in [9.17, 15) is 4.79 Å². The van der Waals surface area contributed by atoms with Gasteiger partial charge in [0.1, 0.15) is 0 Å². The van der Waals surface area contributed by atoms with Crippen LogP contribution in [0.2, 0.25) is 0 Å². The number of hydrogen-bond acceptors (Lipinski definition) is 2. The van der Waals surface area contributed by atoms with Crippen LogP contribution >= 0.6 is 0 Å². The van der Waals surface area contributed by atoms with Crippen LogP contribution in [0.5, 0.6) is 0 Å². The molecule has 0 saturated carbocycles. The lowest BCUT2D eigenvalue weighted by atomic mass is 10.1. The molecule has 1 rings (SSSR count). The maximum atomic E-state index is 11.5. The Morgan fingerprint density at radius 2 is 1.87 bits per heavy atom. The van der Waals surface area contributed by atoms with Gasteiger partial charge in [0, 0.05) is 25.3 Å². The van der Waals surface area contributed by atoms with Gasteiger partial charge in [0.15, 0.2) is 5.78 Å². The van der Waals surface area contributed by atoms with Crippen LogP contribution in [-0.4, -0.2) is 19.9 Å². The highest BCUT2D eigenvalue weighted by Crippen LogP contribution is 2.12. The molecule has 2 heteroatoms. The van der Waals surface area contributed by atoms with Crippen molar-refractivity contribution < 1.29 is 4.79 Å². The molecule has 1 aromatic rings. The molecule has 0 unspecified atom stereocenters. The fourth-order valence-corrected chi connectivity index (χ4v) is 1.18. The molecule has 0 amide bonds. The summed E-state index contributed by atoms with van der Waals surface area (Å²) in [5.41, 5.74) is 1.78. The zero-order chi connectivity index (χ0) is 11.3. The smallest absolute Gasteiger partial charge is 0.185 e. The first-order valence-electron chi connectivity index (χ1n) is 4.76. The van der Waals surface area contributed by atoms with Gasteiger partial charge in [0.2, 0.25) is 0 Å². The summed E-state index contributed by atoms with van der Waals surface area (Å²) in [6.07, 6.45) is 4.74. The van der Waals surface area contributed by atoms with E-state index in [4.69, 9.17) is 0 Å². The maximum absolute atomic E-state index is 11.5. The van der Waals surface area contributed by atoms with E-state index in [0.29, 0.717) is 5.56 Å². The minimum Gasteiger partial charge on any atom is -0.378 e. The standard InChI is InChI=1S/C13H15NO/c1-4-5-6-13(15)11-7-9-12(10-8-11)14(2)3/h4-10H,1H2,2-3H3. The SMILES string of the molecule is C=CC=CC(=O)c1ccc(N(C)C)cc1. The highest BCUT2D eigenvalue weighted by Gasteiger charge is 2.01. The molecular formula is C13H15NO. The number of carbonyl (C=O) groups is 1. The number of nitrogens with zero attached hydrogens (tertiary/aromatic N) is 1. The molecule has 0 heterocycles. The third-order valence-electron chi connectivity index (χ3n) is 2.05. The zero-order valence-electron chi connectivity index (χ0n) is 9.10. The van der Waals surface area contributed by atoms with E-state index in [0.717, 1.165) is 5.69 Å². The molecule has 78 valence electrons. The van der Waals surface area contributed by atoms with Crippen LogP contribution in [0.4, 0.5) is 5.69 Å². The molecule has 0 aliphatic carbocycles. The normalized spacial score (nSPS) is 10.3. The number of hydrogen-bond donors (Lipinski definition) is 0. The third-order valence-corrected chi connectivity index (χ3v) is 2.05. The van der Waals surface area contributed by atoms with Crippen molar-refractivity contribution in [3.8, 4) is 0 Å². The zero-order valence-corrected chi connectivity index (χ0v) is 9.10. The van der Waals surface area contributed by atoms with Gasteiger partial charge < -0.3 is 4.90 Å². The van der Waals surface area contributed by atoms with E-state index in [2.05, 4.69) is 6.58 Å². The summed E-state index contributed by atoms with van der Waals surface area (Å²) in [5.74, 6) is 0.000191. The summed E-state index contributed by atoms with van der Waals surface area (Å²) >= 11 is 0. The number of rotatable bonds is 4. The van der Waals surface area contributed by atoms with Crippen LogP contribution in [-0.2, 0) is 0 Å². The number of carbonyl (C=O) groups excluding carboxylic acids is 1. The van der Waals surface area contributed by atoms with E-state index in [-0.39, 0.29) is 5.78 Å². The number of allylic oxidation sites excluding steroid dienone is 3. The molecular weight excluding hydrogens is 186 g/mol. The van der Waals surface area contributed by atoms with Crippen LogP contribution in [0.3, 0.4) is 0 Å². The Morgan fingerprint density at radius 1 is 1.27 bits per heavy atom. The Bertz CT molecular complexity index is 374. The van der Waals surface area contributed by atoms with Crippen LogP contribution in [0.15, 0.2) is 49.1 Å². The lowest BCUT2D eigenvalue weighted by molar-refractivity contribution is 0.104. The summed E-state index contributed by atoms with van der Waals surface area (Å²) in [6, 6.07) is 7.50. The van der Waals surface area contributed by atoms with Gasteiger partial charge >= 0.3 is 0 Å². The minimum absolute atomic E-state index is 0.000191. The first kappa shape index (κ1) is 11.2. The third kappa shape index (κ3) is 3.09. The second kappa shape index (κ2) is 5.15. The second-order valence-corrected chi connectivity index (χ2v) is 3.40. The van der Waals surface area contributed by atoms with E-state index >= 15 is 0 Å². The molecule has 2 nitrogen and oxygen atoms in total. The molecule has 0 saturated heterocycles. The average Bonchev–Trinajstić information content (AvgIpc) is 2.26. The van der Waals surface area contributed by atoms with Crippen molar-refractivity contribution in [1.29, 1.82) is 0 Å². The molecule has 0 atom stereocenters. The van der Waals surface area contributed by atoms with Crippen molar-refractivity contribution in [2.75, 3.05) is 19.0 Å². The van der Waals surface area contributed by atoms with Gasteiger partial charge in [0.05, 0.1) is 0 Å². The summed E-state index contributed by atoms with van der Waals surface area (Å²) in [6.45, 7) is 3.52. The molecule has 1 aromatic carbocycles. The second-order valence-electron chi connectivity index (χ2n) is 3.40. The molecule has 0 aliphatic rings. The Hall–Kier alpha value is -1.83. The molecule has 0 fully saturated rings. The van der Waals surface area contributed by atoms with Crippen molar-refractivity contribution >= 4 is 11.5 Å². The fraction of sp³-hybridized carbons (Fsp3) is 0.154. The van der Waals surface area contributed by atoms with Gasteiger partial charge in [-0.25, -0.2) is 0 Å². The molecule has 0 spiro atoms. The van der Waals surface area contributed by atoms with Crippen molar-refractivity contribution in [1.82, 2.24) is 0 Å². The highest BCUT2D eigenvalue weighted by atomic mass is 16.1. The number of ketones is 1. The molecule has 0 aromatic heterocycles. The van der Waals surface area contributed by atoms with Gasteiger partial charge in [-0.3, -0.25) is 4.79 Å². The van der Waals surface area contributed by atoms with Crippen LogP contribution in [0.25, 0.3) is 0 Å². The van der Waals surface area contributed by atoms with E-state index in [1.54, 1.807) is 12.2 Å². The van der Waals surface area contributed by atoms with Gasteiger partial charge in [-0.05, 0) is 30.3 Å².